The first kappa shape index (κ1) is 31.3. The predicted octanol–water partition coefficient (Wildman–Crippen LogP) is 6.97. The first-order chi connectivity index (χ1) is 20.6. The van der Waals surface area contributed by atoms with E-state index < -0.39 is 72.0 Å². The highest BCUT2D eigenvalue weighted by Gasteiger charge is 2.49. The second-order valence-electron chi connectivity index (χ2n) is 11.9. The average molecular weight is 632 g/mol. The third kappa shape index (κ3) is 6.52. The van der Waals surface area contributed by atoms with Crippen LogP contribution in [0.2, 0.25) is 5.02 Å². The molecule has 0 saturated heterocycles. The topological polar surface area (TPSA) is 79.0 Å². The minimum absolute atomic E-state index is 0.00570. The van der Waals surface area contributed by atoms with Crippen molar-refractivity contribution in [3.8, 4) is 0 Å². The van der Waals surface area contributed by atoms with E-state index in [1.807, 2.05) is 0 Å². The number of carbonyl (C=O) groups excluding carboxylic acids is 3. The Hall–Kier alpha value is -4.12. The molecule has 0 radical (unpaired) electrons. The second kappa shape index (κ2) is 11.8. The molecule has 232 valence electrons. The molecule has 1 aliphatic carbocycles. The van der Waals surface area contributed by atoms with E-state index in [0.29, 0.717) is 17.3 Å². The van der Waals surface area contributed by atoms with Crippen molar-refractivity contribution in [1.29, 1.82) is 0 Å². The van der Waals surface area contributed by atoms with Crippen LogP contribution in [0.3, 0.4) is 0 Å². The lowest BCUT2D eigenvalue weighted by Gasteiger charge is -2.39. The molecule has 7 nitrogen and oxygen atoms in total. The standard InChI is InChI=1S/C32H30ClF4N3O4/c1-31(2,3)44-30(43)40-25-11-7-4-8-18(25)12-26(40)29(42)39(22-14-19(34)13-20(35)15-22)27(23-9-5-6-10-24(23)33)28(41)38-21-16-32(36,37)17-21/h4-11,13-15,21,26-27H,12,16-17H2,1-3H3,(H,38,41)/t26-,27?/m0/s1. The van der Waals surface area contributed by atoms with Crippen LogP contribution in [0.25, 0.3) is 0 Å². The van der Waals surface area contributed by atoms with Gasteiger partial charge in [0.2, 0.25) is 5.91 Å². The lowest BCUT2D eigenvalue weighted by atomic mass is 9.87. The number of anilines is 2. The second-order valence-corrected chi connectivity index (χ2v) is 12.3. The molecule has 2 atom stereocenters. The van der Waals surface area contributed by atoms with E-state index in [4.69, 9.17) is 16.3 Å². The van der Waals surface area contributed by atoms with Crippen LogP contribution in [0, 0.1) is 11.6 Å². The number of rotatable bonds is 6. The number of fused-ring (bicyclic) bond motifs is 1. The van der Waals surface area contributed by atoms with Gasteiger partial charge in [0.1, 0.15) is 29.3 Å². The molecule has 1 N–H and O–H groups in total. The average Bonchev–Trinajstić information content (AvgIpc) is 3.29. The van der Waals surface area contributed by atoms with E-state index in [-0.39, 0.29) is 22.7 Å². The number of carbonyl (C=O) groups is 3. The highest BCUT2D eigenvalue weighted by molar-refractivity contribution is 6.31. The normalized spacial score (nSPS) is 18.2. The molecule has 3 aromatic carbocycles. The molecule has 12 heteroatoms. The third-order valence-electron chi connectivity index (χ3n) is 7.36. The molecular formula is C32H30ClF4N3O4. The van der Waals surface area contributed by atoms with Crippen LogP contribution < -0.4 is 15.1 Å². The van der Waals surface area contributed by atoms with Gasteiger partial charge in [0.25, 0.3) is 11.8 Å². The van der Waals surface area contributed by atoms with Crippen molar-refractivity contribution in [2.45, 2.75) is 69.7 Å². The van der Waals surface area contributed by atoms with Crippen LogP contribution in [0.5, 0.6) is 0 Å². The van der Waals surface area contributed by atoms with E-state index in [2.05, 4.69) is 5.32 Å². The maximum atomic E-state index is 14.7. The Labute approximate surface area is 256 Å². The molecule has 5 rings (SSSR count). The number of amides is 3. The summed E-state index contributed by atoms with van der Waals surface area (Å²) in [6.45, 7) is 4.98. The fraction of sp³-hybridized carbons (Fsp3) is 0.344. The van der Waals surface area contributed by atoms with Gasteiger partial charge < -0.3 is 10.1 Å². The number of nitrogens with one attached hydrogen (secondary N) is 1. The first-order valence-electron chi connectivity index (χ1n) is 14.0. The van der Waals surface area contributed by atoms with Gasteiger partial charge in [-0.1, -0.05) is 48.0 Å². The fourth-order valence-electron chi connectivity index (χ4n) is 5.50. The van der Waals surface area contributed by atoms with Crippen molar-refractivity contribution in [3.63, 3.8) is 0 Å². The van der Waals surface area contributed by atoms with Crippen LogP contribution in [0.15, 0.2) is 66.7 Å². The van der Waals surface area contributed by atoms with Gasteiger partial charge in [-0.2, -0.15) is 0 Å². The maximum absolute atomic E-state index is 14.7. The number of alkyl halides is 2. The Bertz CT molecular complexity index is 1580. The largest absolute Gasteiger partial charge is 0.443 e. The summed E-state index contributed by atoms with van der Waals surface area (Å²) in [6.07, 6.45) is -2.07. The van der Waals surface area contributed by atoms with Gasteiger partial charge in [0.15, 0.2) is 0 Å². The monoisotopic (exact) mass is 631 g/mol. The number of hydrogen-bond donors (Lipinski definition) is 1. The van der Waals surface area contributed by atoms with Crippen LogP contribution in [0.4, 0.5) is 33.7 Å². The summed E-state index contributed by atoms with van der Waals surface area (Å²) in [4.78, 5) is 44.2. The van der Waals surface area contributed by atoms with Gasteiger partial charge in [-0.25, -0.2) is 22.4 Å². The Morgan fingerprint density at radius 3 is 2.23 bits per heavy atom. The molecule has 3 amide bonds. The van der Waals surface area contributed by atoms with Crippen LogP contribution in [-0.4, -0.2) is 41.5 Å². The summed E-state index contributed by atoms with van der Waals surface area (Å²) in [5.74, 6) is -6.79. The highest BCUT2D eigenvalue weighted by atomic mass is 35.5. The lowest BCUT2D eigenvalue weighted by Crippen LogP contribution is -2.57. The molecule has 0 aromatic heterocycles. The molecule has 2 aliphatic rings. The van der Waals surface area contributed by atoms with E-state index in [0.717, 1.165) is 21.9 Å². The van der Waals surface area contributed by atoms with Gasteiger partial charge in [-0.3, -0.25) is 19.4 Å². The number of nitrogens with zero attached hydrogens (tertiary/aromatic N) is 2. The lowest BCUT2D eigenvalue weighted by molar-refractivity contribution is -0.133. The van der Waals surface area contributed by atoms with E-state index >= 15 is 0 Å². The summed E-state index contributed by atoms with van der Waals surface area (Å²) >= 11 is 6.51. The van der Waals surface area contributed by atoms with Crippen LogP contribution in [0.1, 0.15) is 50.8 Å². The number of hydrogen-bond acceptors (Lipinski definition) is 4. The smallest absolute Gasteiger partial charge is 0.415 e. The molecule has 1 heterocycles. The zero-order valence-electron chi connectivity index (χ0n) is 24.1. The summed E-state index contributed by atoms with van der Waals surface area (Å²) in [7, 11) is 0. The van der Waals surface area contributed by atoms with Crippen molar-refractivity contribution in [2.24, 2.45) is 0 Å². The molecule has 0 spiro atoms. The van der Waals surface area contributed by atoms with Crippen molar-refractivity contribution in [2.75, 3.05) is 9.80 Å². The number of benzene rings is 3. The van der Waals surface area contributed by atoms with Gasteiger partial charge >= 0.3 is 6.09 Å². The zero-order chi connectivity index (χ0) is 32.0. The minimum atomic E-state index is -2.96. The van der Waals surface area contributed by atoms with Gasteiger partial charge in [0, 0.05) is 42.0 Å². The summed E-state index contributed by atoms with van der Waals surface area (Å²) in [5.41, 5.74) is -0.182. The molecule has 1 saturated carbocycles. The minimum Gasteiger partial charge on any atom is -0.443 e. The van der Waals surface area contributed by atoms with Crippen molar-refractivity contribution < 1.29 is 36.7 Å². The number of para-hydroxylation sites is 1. The molecule has 1 fully saturated rings. The number of ether oxygens (including phenoxy) is 1. The summed E-state index contributed by atoms with van der Waals surface area (Å²) in [6, 6.07) is 11.3. The molecule has 1 unspecified atom stereocenters. The van der Waals surface area contributed by atoms with Gasteiger partial charge in [-0.15, -0.1) is 0 Å². The maximum Gasteiger partial charge on any atom is 0.415 e. The first-order valence-corrected chi connectivity index (χ1v) is 14.3. The van der Waals surface area contributed by atoms with E-state index in [1.54, 1.807) is 57.2 Å². The molecular weight excluding hydrogens is 602 g/mol. The molecule has 1 aliphatic heterocycles. The van der Waals surface area contributed by atoms with Gasteiger partial charge in [0.05, 0.1) is 11.4 Å². The quantitative estimate of drug-likeness (QED) is 0.298. The molecule has 3 aromatic rings. The fourth-order valence-corrected chi connectivity index (χ4v) is 5.74. The summed E-state index contributed by atoms with van der Waals surface area (Å²) in [5, 5.41) is 2.58. The van der Waals surface area contributed by atoms with E-state index in [1.165, 1.54) is 12.1 Å². The molecule has 44 heavy (non-hydrogen) atoms. The van der Waals surface area contributed by atoms with Gasteiger partial charge in [-0.05, 0) is 50.6 Å². The third-order valence-corrected chi connectivity index (χ3v) is 7.70. The zero-order valence-corrected chi connectivity index (χ0v) is 24.9. The Balaban J connectivity index is 1.64. The van der Waals surface area contributed by atoms with Crippen molar-refractivity contribution in [3.05, 3.63) is 94.5 Å². The van der Waals surface area contributed by atoms with Crippen LogP contribution >= 0.6 is 11.6 Å². The Morgan fingerprint density at radius 2 is 1.61 bits per heavy atom. The Kier molecular flexibility index (Phi) is 8.37. The highest BCUT2D eigenvalue weighted by Crippen LogP contribution is 2.41. The summed E-state index contributed by atoms with van der Waals surface area (Å²) < 4.78 is 62.3. The van der Waals surface area contributed by atoms with E-state index in [9.17, 15) is 31.9 Å². The number of halogens is 5. The van der Waals surface area contributed by atoms with Crippen molar-refractivity contribution in [1.82, 2.24) is 5.32 Å². The molecule has 0 bridgehead atoms. The van der Waals surface area contributed by atoms with Crippen LogP contribution in [-0.2, 0) is 20.7 Å². The van der Waals surface area contributed by atoms with Crippen molar-refractivity contribution >= 4 is 40.9 Å². The predicted molar refractivity (Wildman–Crippen MR) is 157 cm³/mol. The Morgan fingerprint density at radius 1 is 1.00 bits per heavy atom. The SMILES string of the molecule is CC(C)(C)OC(=O)N1c2ccccc2C[C@H]1C(=O)N(c1cc(F)cc(F)c1)C(C(=O)NC1CC(F)(F)C1)c1ccccc1Cl.